The summed E-state index contributed by atoms with van der Waals surface area (Å²) in [6.45, 7) is 7.33. The van der Waals surface area contributed by atoms with Crippen molar-refractivity contribution >= 4 is 0 Å². The average Bonchev–Trinajstić information content (AvgIpc) is 2.75. The van der Waals surface area contributed by atoms with Gasteiger partial charge in [-0.2, -0.15) is 0 Å². The molecule has 0 radical (unpaired) electrons. The Morgan fingerprint density at radius 2 is 1.55 bits per heavy atom. The van der Waals surface area contributed by atoms with Gasteiger partial charge in [-0.25, -0.2) is 0 Å². The fraction of sp³-hybridized carbons (Fsp3) is 1.00. The number of hydrogen-bond donors (Lipinski definition) is 4. The molecule has 0 aliphatic carbocycles. The van der Waals surface area contributed by atoms with E-state index in [0.717, 1.165) is 32.2 Å². The summed E-state index contributed by atoms with van der Waals surface area (Å²) in [4.78, 5) is 0. The first-order chi connectivity index (χ1) is 14.0. The van der Waals surface area contributed by atoms with E-state index >= 15 is 0 Å². The summed E-state index contributed by atoms with van der Waals surface area (Å²) in [5.41, 5.74) is 5.18. The predicted molar refractivity (Wildman–Crippen MR) is 111 cm³/mol. The van der Waals surface area contributed by atoms with Crippen LogP contribution in [0.15, 0.2) is 0 Å². The van der Waals surface area contributed by atoms with Crippen molar-refractivity contribution in [3.8, 4) is 0 Å². The second-order valence-corrected chi connectivity index (χ2v) is 8.73. The van der Waals surface area contributed by atoms with Gasteiger partial charge in [0.1, 0.15) is 0 Å². The maximum Gasteiger partial charge on any atom is 0.172 e. The summed E-state index contributed by atoms with van der Waals surface area (Å²) >= 11 is 0. The Hall–Kier alpha value is -0.320. The molecule has 1 unspecified atom stereocenters. The number of rotatable bonds is 9. The Bertz CT molecular complexity index is 442. The van der Waals surface area contributed by atoms with Crippen LogP contribution < -0.4 is 11.1 Å². The fourth-order valence-electron chi connectivity index (χ4n) is 3.90. The lowest BCUT2D eigenvalue weighted by Crippen LogP contribution is -2.60. The summed E-state index contributed by atoms with van der Waals surface area (Å²) in [5.74, 6) is -0.778. The first-order valence-electron chi connectivity index (χ1n) is 11.1. The van der Waals surface area contributed by atoms with Crippen LogP contribution >= 0.6 is 0 Å². The van der Waals surface area contributed by atoms with Gasteiger partial charge in [0.15, 0.2) is 5.79 Å². The molecule has 0 aromatic heterocycles. The largest absolute Gasteiger partial charge is 0.396 e. The first-order valence-corrected chi connectivity index (χ1v) is 11.1. The van der Waals surface area contributed by atoms with Crippen molar-refractivity contribution < 1.29 is 29.2 Å². The van der Waals surface area contributed by atoms with Gasteiger partial charge in [-0.1, -0.05) is 26.7 Å². The van der Waals surface area contributed by atoms with Crippen LogP contribution in [0.1, 0.15) is 52.4 Å². The van der Waals surface area contributed by atoms with Gasteiger partial charge in [0.25, 0.3) is 0 Å². The van der Waals surface area contributed by atoms with E-state index in [-0.39, 0.29) is 19.3 Å². The highest BCUT2D eigenvalue weighted by atomic mass is 16.7. The minimum Gasteiger partial charge on any atom is -0.396 e. The fourth-order valence-corrected chi connectivity index (χ4v) is 3.90. The van der Waals surface area contributed by atoms with Gasteiger partial charge >= 0.3 is 0 Å². The molecule has 5 N–H and O–H groups in total. The molecule has 8 nitrogen and oxygen atoms in total. The van der Waals surface area contributed by atoms with Crippen LogP contribution in [-0.4, -0.2) is 87.0 Å². The number of aliphatic hydroxyl groups excluding tert-OH is 2. The second kappa shape index (κ2) is 11.9. The maximum atomic E-state index is 9.96. The zero-order valence-corrected chi connectivity index (χ0v) is 18.3. The van der Waals surface area contributed by atoms with Crippen molar-refractivity contribution in [3.63, 3.8) is 0 Å². The third kappa shape index (κ3) is 6.58. The number of nitrogens with two attached hydrogens (primary N) is 1. The summed E-state index contributed by atoms with van der Waals surface area (Å²) < 4.78 is 24.2. The Kier molecular flexibility index (Phi) is 10.2. The van der Waals surface area contributed by atoms with Crippen LogP contribution in [0.3, 0.4) is 0 Å². The molecule has 2 heterocycles. The third-order valence-corrected chi connectivity index (χ3v) is 6.29. The molecule has 29 heavy (non-hydrogen) atoms. The van der Waals surface area contributed by atoms with E-state index in [9.17, 15) is 10.2 Å². The van der Waals surface area contributed by atoms with E-state index in [1.165, 1.54) is 0 Å². The first kappa shape index (κ1) is 24.9. The maximum absolute atomic E-state index is 9.96. The molecule has 1 atom stereocenters. The summed E-state index contributed by atoms with van der Waals surface area (Å²) in [7, 11) is 0. The molecule has 2 aliphatic heterocycles. The molecule has 1 spiro atoms. The van der Waals surface area contributed by atoms with Gasteiger partial charge in [0.05, 0.1) is 63.8 Å². The van der Waals surface area contributed by atoms with Crippen LogP contribution in [0.5, 0.6) is 0 Å². The highest BCUT2D eigenvalue weighted by Crippen LogP contribution is 2.37. The van der Waals surface area contributed by atoms with Gasteiger partial charge in [-0.15, -0.1) is 0 Å². The van der Waals surface area contributed by atoms with Crippen LogP contribution in [0.4, 0.5) is 0 Å². The Morgan fingerprint density at radius 3 is 2.03 bits per heavy atom. The molecular weight excluding hydrogens is 376 g/mol. The van der Waals surface area contributed by atoms with Crippen molar-refractivity contribution in [2.75, 3.05) is 59.4 Å². The predicted octanol–water partition coefficient (Wildman–Crippen LogP) is 0.783. The van der Waals surface area contributed by atoms with E-state index in [1.807, 2.05) is 0 Å². The van der Waals surface area contributed by atoms with Gasteiger partial charge in [-0.05, 0) is 19.4 Å². The van der Waals surface area contributed by atoms with Crippen LogP contribution in [0.2, 0.25) is 0 Å². The Balaban J connectivity index is 1.93. The average molecular weight is 419 g/mol. The van der Waals surface area contributed by atoms with E-state index in [0.29, 0.717) is 52.5 Å². The van der Waals surface area contributed by atoms with E-state index in [4.69, 9.17) is 24.7 Å². The zero-order valence-electron chi connectivity index (χ0n) is 18.3. The van der Waals surface area contributed by atoms with Gasteiger partial charge in [0.2, 0.25) is 0 Å². The van der Waals surface area contributed by atoms with Crippen molar-refractivity contribution in [3.05, 3.63) is 0 Å². The number of nitrogens with one attached hydrogen (secondary N) is 1. The van der Waals surface area contributed by atoms with Crippen molar-refractivity contribution in [1.82, 2.24) is 5.32 Å². The highest BCUT2D eigenvalue weighted by Gasteiger charge is 2.47. The molecule has 0 saturated carbocycles. The van der Waals surface area contributed by atoms with Crippen LogP contribution in [0, 0.1) is 5.41 Å². The van der Waals surface area contributed by atoms with Gasteiger partial charge in [0, 0.05) is 18.9 Å². The van der Waals surface area contributed by atoms with Crippen LogP contribution in [0.25, 0.3) is 0 Å². The minimum atomic E-state index is -0.778. The molecule has 0 bridgehead atoms. The number of hydrogen-bond acceptors (Lipinski definition) is 8. The third-order valence-electron chi connectivity index (χ3n) is 6.29. The molecule has 2 aliphatic rings. The summed E-state index contributed by atoms with van der Waals surface area (Å²) in [6.07, 6.45) is 5.04. The summed E-state index contributed by atoms with van der Waals surface area (Å²) in [5, 5.41) is 23.3. The minimum absolute atomic E-state index is 0.0385. The Labute approximate surface area is 175 Å². The topological polar surface area (TPSA) is 115 Å². The molecule has 0 aromatic rings. The molecule has 2 rings (SSSR count). The van der Waals surface area contributed by atoms with Crippen molar-refractivity contribution in [1.29, 1.82) is 0 Å². The molecular formula is C21H42N2O6. The van der Waals surface area contributed by atoms with Crippen molar-refractivity contribution in [2.45, 2.75) is 69.7 Å². The molecule has 0 aromatic carbocycles. The quantitative estimate of drug-likeness (QED) is 0.406. The molecule has 8 heteroatoms. The number of unbranched alkanes of at least 4 members (excludes halogenated alkanes) is 1. The molecule has 0 amide bonds. The lowest BCUT2D eigenvalue weighted by atomic mass is 9.79. The van der Waals surface area contributed by atoms with Gasteiger partial charge < -0.3 is 40.2 Å². The normalized spacial score (nSPS) is 35.5. The van der Waals surface area contributed by atoms with Gasteiger partial charge in [-0.3, -0.25) is 0 Å². The molecule has 2 saturated heterocycles. The highest BCUT2D eigenvalue weighted by molar-refractivity contribution is 4.94. The van der Waals surface area contributed by atoms with Crippen molar-refractivity contribution in [2.24, 2.45) is 11.1 Å². The lowest BCUT2D eigenvalue weighted by molar-refractivity contribution is -0.323. The SMILES string of the molecule is CCCCNC1(CO)COCCC2(CCOC1)OCC(CO)(C(N)CCC)CO2. The van der Waals surface area contributed by atoms with E-state index in [2.05, 4.69) is 19.2 Å². The standard InChI is InChI=1S/C21H42N2O6/c1-3-5-9-23-20(13-25)16-26-10-7-21(8-11-27-17-20)28-14-19(12-24,15-29-21)18(22)6-4-2/h18,23-25H,3-17,22H2,1-2H3. The Morgan fingerprint density at radius 1 is 0.931 bits per heavy atom. The number of ether oxygens (including phenoxy) is 4. The van der Waals surface area contributed by atoms with Crippen LogP contribution in [-0.2, 0) is 18.9 Å². The second-order valence-electron chi connectivity index (χ2n) is 8.73. The zero-order chi connectivity index (χ0) is 21.2. The smallest absolute Gasteiger partial charge is 0.172 e. The monoisotopic (exact) mass is 418 g/mol. The van der Waals surface area contributed by atoms with E-state index < -0.39 is 16.7 Å². The van der Waals surface area contributed by atoms with E-state index in [1.54, 1.807) is 0 Å². The molecule has 172 valence electrons. The summed E-state index contributed by atoms with van der Waals surface area (Å²) in [6, 6.07) is -0.166. The number of aliphatic hydroxyl groups is 2. The lowest BCUT2D eigenvalue weighted by Gasteiger charge is -2.48. The molecule has 2 fully saturated rings.